The number of carbonyl (C=O) groups is 2. The Labute approximate surface area is 98.9 Å². The molecule has 0 aliphatic heterocycles. The summed E-state index contributed by atoms with van der Waals surface area (Å²) in [7, 11) is 0. The van der Waals surface area contributed by atoms with E-state index in [1.165, 1.54) is 0 Å². The summed E-state index contributed by atoms with van der Waals surface area (Å²) in [4.78, 5) is 21.8. The Balaban J connectivity index is 2.35. The highest BCUT2D eigenvalue weighted by atomic mass is 16.5. The number of nitrogens with one attached hydrogen (secondary N) is 1. The number of hydrogen-bond acceptors (Lipinski definition) is 4. The highest BCUT2D eigenvalue weighted by molar-refractivity contribution is 5.82. The van der Waals surface area contributed by atoms with Crippen molar-refractivity contribution in [1.29, 1.82) is 0 Å². The van der Waals surface area contributed by atoms with Crippen molar-refractivity contribution in [3.63, 3.8) is 0 Å². The second-order valence-corrected chi connectivity index (χ2v) is 3.35. The maximum Gasteiger partial charge on any atom is 0.404 e. The lowest BCUT2D eigenvalue weighted by molar-refractivity contribution is -0.122. The highest BCUT2D eigenvalue weighted by Crippen LogP contribution is 2.08. The van der Waals surface area contributed by atoms with Crippen LogP contribution >= 0.6 is 0 Å². The normalized spacial score (nSPS) is 11.6. The molecule has 0 fully saturated rings. The van der Waals surface area contributed by atoms with Crippen LogP contribution in [0.3, 0.4) is 0 Å². The molecule has 0 aromatic heterocycles. The van der Waals surface area contributed by atoms with Gasteiger partial charge in [0.2, 0.25) is 5.91 Å². The van der Waals surface area contributed by atoms with Gasteiger partial charge < -0.3 is 21.5 Å². The molecule has 0 aliphatic carbocycles. The maximum atomic E-state index is 11.6. The first-order chi connectivity index (χ1) is 8.11. The van der Waals surface area contributed by atoms with Gasteiger partial charge in [0, 0.05) is 0 Å². The van der Waals surface area contributed by atoms with Crippen molar-refractivity contribution in [1.82, 2.24) is 5.32 Å². The van der Waals surface area contributed by atoms with Crippen molar-refractivity contribution in [2.75, 3.05) is 13.2 Å². The van der Waals surface area contributed by atoms with E-state index in [1.54, 1.807) is 24.3 Å². The van der Waals surface area contributed by atoms with Crippen LogP contribution in [0.5, 0.6) is 0 Å². The average molecular weight is 237 g/mol. The molecule has 6 heteroatoms. The SMILES string of the molecule is NC(=O)OCCNC(=O)[C@H](N)c1ccccc1. The fourth-order valence-corrected chi connectivity index (χ4v) is 1.25. The average Bonchev–Trinajstić information content (AvgIpc) is 2.34. The molecule has 0 bridgehead atoms. The van der Waals surface area contributed by atoms with Crippen LogP contribution in [-0.2, 0) is 9.53 Å². The van der Waals surface area contributed by atoms with Crippen molar-refractivity contribution in [3.05, 3.63) is 35.9 Å². The largest absolute Gasteiger partial charge is 0.448 e. The fourth-order valence-electron chi connectivity index (χ4n) is 1.25. The number of primary amides is 1. The van der Waals surface area contributed by atoms with Gasteiger partial charge in [0.25, 0.3) is 0 Å². The molecule has 1 atom stereocenters. The smallest absolute Gasteiger partial charge is 0.404 e. The predicted molar refractivity (Wildman–Crippen MR) is 61.9 cm³/mol. The lowest BCUT2D eigenvalue weighted by Crippen LogP contribution is -2.36. The second-order valence-electron chi connectivity index (χ2n) is 3.35. The van der Waals surface area contributed by atoms with Crippen molar-refractivity contribution in [3.8, 4) is 0 Å². The predicted octanol–water partition coefficient (Wildman–Crippen LogP) is -0.102. The van der Waals surface area contributed by atoms with Crippen LogP contribution in [0.1, 0.15) is 11.6 Å². The third kappa shape index (κ3) is 4.52. The Morgan fingerprint density at radius 1 is 1.29 bits per heavy atom. The molecule has 92 valence electrons. The first-order valence-corrected chi connectivity index (χ1v) is 5.11. The van der Waals surface area contributed by atoms with Gasteiger partial charge in [0.05, 0.1) is 6.54 Å². The Morgan fingerprint density at radius 3 is 2.53 bits per heavy atom. The van der Waals surface area contributed by atoms with Crippen LogP contribution in [-0.4, -0.2) is 25.2 Å². The number of nitrogens with two attached hydrogens (primary N) is 2. The third-order valence-electron chi connectivity index (χ3n) is 2.09. The zero-order chi connectivity index (χ0) is 12.7. The third-order valence-corrected chi connectivity index (χ3v) is 2.09. The minimum absolute atomic E-state index is 0.0303. The lowest BCUT2D eigenvalue weighted by Gasteiger charge is -2.12. The van der Waals surface area contributed by atoms with Gasteiger partial charge in [0.1, 0.15) is 12.6 Å². The van der Waals surface area contributed by atoms with Crippen LogP contribution < -0.4 is 16.8 Å². The van der Waals surface area contributed by atoms with E-state index in [1.807, 2.05) is 6.07 Å². The van der Waals surface area contributed by atoms with E-state index in [0.717, 1.165) is 5.56 Å². The minimum atomic E-state index is -0.869. The molecule has 0 aliphatic rings. The summed E-state index contributed by atoms with van der Waals surface area (Å²) in [5.41, 5.74) is 11.2. The first-order valence-electron chi connectivity index (χ1n) is 5.11. The quantitative estimate of drug-likeness (QED) is 0.621. The highest BCUT2D eigenvalue weighted by Gasteiger charge is 2.14. The topological polar surface area (TPSA) is 107 Å². The lowest BCUT2D eigenvalue weighted by atomic mass is 10.1. The number of rotatable bonds is 5. The van der Waals surface area contributed by atoms with E-state index in [4.69, 9.17) is 11.5 Å². The Morgan fingerprint density at radius 2 is 1.94 bits per heavy atom. The molecule has 0 saturated carbocycles. The van der Waals surface area contributed by atoms with Crippen LogP contribution in [0, 0.1) is 0 Å². The van der Waals surface area contributed by atoms with Crippen molar-refractivity contribution in [2.24, 2.45) is 11.5 Å². The van der Waals surface area contributed by atoms with Gasteiger partial charge in [0.15, 0.2) is 0 Å². The fraction of sp³-hybridized carbons (Fsp3) is 0.273. The van der Waals surface area contributed by atoms with Gasteiger partial charge in [-0.3, -0.25) is 4.79 Å². The standard InChI is InChI=1S/C11H15N3O3/c12-9(8-4-2-1-3-5-8)10(15)14-6-7-17-11(13)16/h1-5,9H,6-7,12H2,(H2,13,16)(H,14,15)/t9-/m1/s1. The molecule has 0 radical (unpaired) electrons. The van der Waals surface area contributed by atoms with E-state index in [2.05, 4.69) is 10.1 Å². The van der Waals surface area contributed by atoms with E-state index in [9.17, 15) is 9.59 Å². The second kappa shape index (κ2) is 6.49. The molecule has 0 spiro atoms. The van der Waals surface area contributed by atoms with E-state index in [0.29, 0.717) is 0 Å². The summed E-state index contributed by atoms with van der Waals surface area (Å²) < 4.78 is 4.46. The molecule has 2 amide bonds. The van der Waals surface area contributed by atoms with Crippen molar-refractivity contribution < 1.29 is 14.3 Å². The summed E-state index contributed by atoms with van der Waals surface area (Å²) in [6.07, 6.45) is -0.869. The number of carbonyl (C=O) groups excluding carboxylic acids is 2. The summed E-state index contributed by atoms with van der Waals surface area (Å²) in [6.45, 7) is 0.213. The molecule has 1 aromatic rings. The Kier molecular flexibility index (Phi) is 4.96. The molecule has 0 heterocycles. The summed E-state index contributed by atoms with van der Waals surface area (Å²) in [5, 5.41) is 2.54. The monoisotopic (exact) mass is 237 g/mol. The molecule has 0 unspecified atom stereocenters. The number of amides is 2. The van der Waals surface area contributed by atoms with Crippen LogP contribution in [0.2, 0.25) is 0 Å². The van der Waals surface area contributed by atoms with Gasteiger partial charge in [-0.25, -0.2) is 4.79 Å². The van der Waals surface area contributed by atoms with Gasteiger partial charge in [-0.2, -0.15) is 0 Å². The zero-order valence-electron chi connectivity index (χ0n) is 9.26. The molecular formula is C11H15N3O3. The van der Waals surface area contributed by atoms with E-state index in [-0.39, 0.29) is 19.1 Å². The van der Waals surface area contributed by atoms with E-state index >= 15 is 0 Å². The van der Waals surface area contributed by atoms with Gasteiger partial charge in [-0.1, -0.05) is 30.3 Å². The summed E-state index contributed by atoms with van der Waals surface area (Å²) >= 11 is 0. The molecule has 1 rings (SSSR count). The molecular weight excluding hydrogens is 222 g/mol. The zero-order valence-corrected chi connectivity index (χ0v) is 9.26. The van der Waals surface area contributed by atoms with Crippen molar-refractivity contribution in [2.45, 2.75) is 6.04 Å². The number of benzene rings is 1. The van der Waals surface area contributed by atoms with E-state index < -0.39 is 12.1 Å². The molecule has 0 saturated heterocycles. The summed E-state index contributed by atoms with van der Waals surface area (Å²) in [6, 6.07) is 8.25. The number of ether oxygens (including phenoxy) is 1. The van der Waals surface area contributed by atoms with Crippen LogP contribution in [0.15, 0.2) is 30.3 Å². The summed E-state index contributed by atoms with van der Waals surface area (Å²) in [5.74, 6) is -0.329. The number of hydrogen-bond donors (Lipinski definition) is 3. The van der Waals surface area contributed by atoms with Gasteiger partial charge in [-0.05, 0) is 5.56 Å². The molecule has 5 N–H and O–H groups in total. The Bertz CT molecular complexity index is 381. The van der Waals surface area contributed by atoms with Crippen LogP contribution in [0.25, 0.3) is 0 Å². The van der Waals surface area contributed by atoms with Gasteiger partial charge in [-0.15, -0.1) is 0 Å². The van der Waals surface area contributed by atoms with Gasteiger partial charge >= 0.3 is 6.09 Å². The Hall–Kier alpha value is -2.08. The van der Waals surface area contributed by atoms with Crippen LogP contribution in [0.4, 0.5) is 4.79 Å². The molecule has 17 heavy (non-hydrogen) atoms. The molecule has 1 aromatic carbocycles. The van der Waals surface area contributed by atoms with Crippen molar-refractivity contribution >= 4 is 12.0 Å². The first kappa shape index (κ1) is 13.0. The minimum Gasteiger partial charge on any atom is -0.448 e. The maximum absolute atomic E-state index is 11.6. The molecule has 6 nitrogen and oxygen atoms in total.